The number of nitrogens with zero attached hydrogens (tertiary/aromatic N) is 1. The smallest absolute Gasteiger partial charge is 0.323 e. The first-order chi connectivity index (χ1) is 16.0. The third-order valence-electron chi connectivity index (χ3n) is 5.87. The second kappa shape index (κ2) is 10.2. The molecule has 1 saturated heterocycles. The lowest BCUT2D eigenvalue weighted by atomic mass is 10.1. The molecule has 1 heterocycles. The summed E-state index contributed by atoms with van der Waals surface area (Å²) in [5.74, 6) is -0.181. The van der Waals surface area contributed by atoms with Crippen molar-refractivity contribution in [2.24, 2.45) is 0 Å². The fraction of sp³-hybridized carbons (Fsp3) is 0.259. The summed E-state index contributed by atoms with van der Waals surface area (Å²) in [6.07, 6.45) is 3.47. The molecule has 4 rings (SSSR count). The normalized spacial score (nSPS) is 13.3. The summed E-state index contributed by atoms with van der Waals surface area (Å²) in [4.78, 5) is 27.9. The Balaban J connectivity index is 1.57. The molecule has 1 fully saturated rings. The number of piperidine rings is 1. The summed E-state index contributed by atoms with van der Waals surface area (Å²) >= 11 is 0. The molecule has 6 heteroatoms. The number of nitrogens with one attached hydrogen (secondary N) is 3. The van der Waals surface area contributed by atoms with E-state index in [9.17, 15) is 9.59 Å². The number of amides is 3. The first-order valence-corrected chi connectivity index (χ1v) is 11.4. The topological polar surface area (TPSA) is 73.5 Å². The fourth-order valence-electron chi connectivity index (χ4n) is 4.10. The number of hydrogen-bond donors (Lipinski definition) is 3. The Labute approximate surface area is 195 Å². The molecular weight excluding hydrogens is 412 g/mol. The van der Waals surface area contributed by atoms with Gasteiger partial charge in [0, 0.05) is 30.0 Å². The van der Waals surface area contributed by atoms with Crippen LogP contribution in [0.2, 0.25) is 0 Å². The Morgan fingerprint density at radius 1 is 0.758 bits per heavy atom. The number of hydrogen-bond acceptors (Lipinski definition) is 3. The second-order valence-electron chi connectivity index (χ2n) is 8.50. The summed E-state index contributed by atoms with van der Waals surface area (Å²) in [6.45, 7) is 5.81. The fourth-order valence-corrected chi connectivity index (χ4v) is 4.10. The first kappa shape index (κ1) is 22.4. The van der Waals surface area contributed by atoms with E-state index in [1.807, 2.05) is 74.5 Å². The van der Waals surface area contributed by atoms with Crippen LogP contribution < -0.4 is 20.9 Å². The Kier molecular flexibility index (Phi) is 6.93. The van der Waals surface area contributed by atoms with Crippen LogP contribution in [0.4, 0.5) is 27.5 Å². The maximum absolute atomic E-state index is 12.8. The predicted octanol–water partition coefficient (Wildman–Crippen LogP) is 6.19. The number of benzene rings is 3. The monoisotopic (exact) mass is 442 g/mol. The van der Waals surface area contributed by atoms with Gasteiger partial charge in [0.15, 0.2) is 0 Å². The molecule has 1 aliphatic heterocycles. The van der Waals surface area contributed by atoms with Crippen LogP contribution >= 0.6 is 0 Å². The van der Waals surface area contributed by atoms with E-state index in [1.54, 1.807) is 6.07 Å². The van der Waals surface area contributed by atoms with Crippen LogP contribution in [-0.4, -0.2) is 25.0 Å². The molecule has 0 aliphatic carbocycles. The number of urea groups is 1. The maximum Gasteiger partial charge on any atom is 0.323 e. The minimum Gasteiger partial charge on any atom is -0.370 e. The highest BCUT2D eigenvalue weighted by atomic mass is 16.2. The minimum absolute atomic E-state index is 0.181. The van der Waals surface area contributed by atoms with E-state index in [1.165, 1.54) is 6.42 Å². The Bertz CT molecular complexity index is 1150. The van der Waals surface area contributed by atoms with Gasteiger partial charge in [-0.05, 0) is 75.1 Å². The second-order valence-corrected chi connectivity index (χ2v) is 8.50. The summed E-state index contributed by atoms with van der Waals surface area (Å²) in [5.41, 5.74) is 5.64. The molecule has 0 saturated carbocycles. The zero-order valence-corrected chi connectivity index (χ0v) is 19.2. The standard InChI is InChI=1S/C27H30N4O2/c1-19-9-8-11-21(17-19)26(32)28-22-13-14-25(31-15-6-3-7-16-31)24(18-22)30-27(33)29-23-12-5-4-10-20(23)2/h4-5,8-14,17-18H,3,6-7,15-16H2,1-2H3,(H,28,32)(H2,29,30,33). The summed E-state index contributed by atoms with van der Waals surface area (Å²) < 4.78 is 0. The van der Waals surface area contributed by atoms with E-state index in [-0.39, 0.29) is 11.9 Å². The van der Waals surface area contributed by atoms with Gasteiger partial charge in [0.05, 0.1) is 11.4 Å². The summed E-state index contributed by atoms with van der Waals surface area (Å²) in [5, 5.41) is 8.89. The van der Waals surface area contributed by atoms with Gasteiger partial charge < -0.3 is 20.9 Å². The highest BCUT2D eigenvalue weighted by Crippen LogP contribution is 2.32. The van der Waals surface area contributed by atoms with Gasteiger partial charge in [-0.1, -0.05) is 35.9 Å². The number of carbonyl (C=O) groups is 2. The van der Waals surface area contributed by atoms with Crippen LogP contribution in [0.25, 0.3) is 0 Å². The van der Waals surface area contributed by atoms with Crippen molar-refractivity contribution in [2.45, 2.75) is 33.1 Å². The van der Waals surface area contributed by atoms with Gasteiger partial charge in [-0.3, -0.25) is 4.79 Å². The van der Waals surface area contributed by atoms with Crippen molar-refractivity contribution >= 4 is 34.7 Å². The van der Waals surface area contributed by atoms with Crippen LogP contribution in [0.3, 0.4) is 0 Å². The van der Waals surface area contributed by atoms with Crippen molar-refractivity contribution in [1.29, 1.82) is 0 Å². The third-order valence-corrected chi connectivity index (χ3v) is 5.87. The van der Waals surface area contributed by atoms with Crippen LogP contribution in [0.15, 0.2) is 66.7 Å². The average Bonchev–Trinajstić information content (AvgIpc) is 2.81. The van der Waals surface area contributed by atoms with Crippen molar-refractivity contribution in [3.8, 4) is 0 Å². The number of anilines is 4. The third kappa shape index (κ3) is 5.71. The molecule has 3 aromatic carbocycles. The lowest BCUT2D eigenvalue weighted by molar-refractivity contribution is 0.102. The van der Waals surface area contributed by atoms with Gasteiger partial charge >= 0.3 is 6.03 Å². The molecular formula is C27H30N4O2. The molecule has 0 radical (unpaired) electrons. The van der Waals surface area contributed by atoms with E-state index in [0.29, 0.717) is 16.9 Å². The van der Waals surface area contributed by atoms with E-state index >= 15 is 0 Å². The van der Waals surface area contributed by atoms with Crippen molar-refractivity contribution in [2.75, 3.05) is 33.9 Å². The quantitative estimate of drug-likeness (QED) is 0.441. The summed E-state index contributed by atoms with van der Waals surface area (Å²) in [6, 6.07) is 20.5. The molecule has 0 unspecified atom stereocenters. The Hall–Kier alpha value is -3.80. The van der Waals surface area contributed by atoms with E-state index < -0.39 is 0 Å². The molecule has 3 amide bonds. The molecule has 0 bridgehead atoms. The lowest BCUT2D eigenvalue weighted by Crippen LogP contribution is -2.31. The highest BCUT2D eigenvalue weighted by molar-refractivity contribution is 6.06. The number of rotatable bonds is 5. The van der Waals surface area contributed by atoms with E-state index in [0.717, 1.165) is 48.4 Å². The summed E-state index contributed by atoms with van der Waals surface area (Å²) in [7, 11) is 0. The first-order valence-electron chi connectivity index (χ1n) is 11.4. The molecule has 0 aromatic heterocycles. The van der Waals surface area contributed by atoms with Crippen molar-refractivity contribution in [3.63, 3.8) is 0 Å². The molecule has 0 spiro atoms. The lowest BCUT2D eigenvalue weighted by Gasteiger charge is -2.31. The zero-order chi connectivity index (χ0) is 23.2. The van der Waals surface area contributed by atoms with Crippen LogP contribution in [0.1, 0.15) is 40.7 Å². The van der Waals surface area contributed by atoms with Crippen molar-refractivity contribution in [3.05, 3.63) is 83.4 Å². The SMILES string of the molecule is Cc1cccc(C(=O)Nc2ccc(N3CCCCC3)c(NC(=O)Nc3ccccc3C)c2)c1. The van der Waals surface area contributed by atoms with Gasteiger partial charge in [0.2, 0.25) is 0 Å². The molecule has 3 N–H and O–H groups in total. The van der Waals surface area contributed by atoms with Crippen LogP contribution in [-0.2, 0) is 0 Å². The molecule has 33 heavy (non-hydrogen) atoms. The van der Waals surface area contributed by atoms with Crippen molar-refractivity contribution in [1.82, 2.24) is 0 Å². The van der Waals surface area contributed by atoms with E-state index in [2.05, 4.69) is 20.9 Å². The highest BCUT2D eigenvalue weighted by Gasteiger charge is 2.18. The zero-order valence-electron chi connectivity index (χ0n) is 19.2. The maximum atomic E-state index is 12.8. The van der Waals surface area contributed by atoms with Crippen LogP contribution in [0.5, 0.6) is 0 Å². The largest absolute Gasteiger partial charge is 0.370 e. The Morgan fingerprint density at radius 3 is 2.27 bits per heavy atom. The predicted molar refractivity (Wildman–Crippen MR) is 135 cm³/mol. The molecule has 6 nitrogen and oxygen atoms in total. The molecule has 170 valence electrons. The number of para-hydroxylation sites is 1. The van der Waals surface area contributed by atoms with Gasteiger partial charge in [-0.2, -0.15) is 0 Å². The minimum atomic E-state index is -0.315. The molecule has 0 atom stereocenters. The molecule has 1 aliphatic rings. The Morgan fingerprint density at radius 2 is 1.52 bits per heavy atom. The number of aryl methyl sites for hydroxylation is 2. The van der Waals surface area contributed by atoms with E-state index in [4.69, 9.17) is 0 Å². The van der Waals surface area contributed by atoms with Gasteiger partial charge in [-0.25, -0.2) is 4.79 Å². The van der Waals surface area contributed by atoms with Crippen LogP contribution in [0, 0.1) is 13.8 Å². The van der Waals surface area contributed by atoms with Gasteiger partial charge in [-0.15, -0.1) is 0 Å². The van der Waals surface area contributed by atoms with Gasteiger partial charge in [0.1, 0.15) is 0 Å². The van der Waals surface area contributed by atoms with Gasteiger partial charge in [0.25, 0.3) is 5.91 Å². The average molecular weight is 443 g/mol. The molecule has 3 aromatic rings. The van der Waals surface area contributed by atoms with Crippen molar-refractivity contribution < 1.29 is 9.59 Å². The number of carbonyl (C=O) groups excluding carboxylic acids is 2.